The molecule has 1 aromatic rings. The van der Waals surface area contributed by atoms with Crippen LogP contribution in [0.25, 0.3) is 0 Å². The van der Waals surface area contributed by atoms with Gasteiger partial charge in [-0.25, -0.2) is 0 Å². The molecule has 0 bridgehead atoms. The third-order valence-corrected chi connectivity index (χ3v) is 2.18. The Balaban J connectivity index is 0.00000400. The van der Waals surface area contributed by atoms with Crippen molar-refractivity contribution >= 4 is 24.0 Å². The van der Waals surface area contributed by atoms with Crippen LogP contribution in [0.1, 0.15) is 0 Å². The fourth-order valence-electron chi connectivity index (χ4n) is 1.39. The number of alkyl halides is 3. The summed E-state index contributed by atoms with van der Waals surface area (Å²) in [5.41, 5.74) is 0.322. The molecule has 0 saturated carbocycles. The van der Waals surface area contributed by atoms with E-state index in [4.69, 9.17) is 4.74 Å². The molecule has 1 amide bonds. The molecule has 0 aromatic heterocycles. The first-order valence-electron chi connectivity index (χ1n) is 5.67. The van der Waals surface area contributed by atoms with E-state index >= 15 is 0 Å². The fraction of sp³-hybridized carbons (Fsp3) is 0.417. The van der Waals surface area contributed by atoms with Crippen LogP contribution < -0.4 is 20.1 Å². The Bertz CT molecular complexity index is 470. The molecular formula is C12H16ClF3N2O3. The van der Waals surface area contributed by atoms with E-state index in [2.05, 4.69) is 15.4 Å². The van der Waals surface area contributed by atoms with Crippen molar-refractivity contribution in [2.75, 3.05) is 32.6 Å². The number of amides is 1. The Hall–Kier alpha value is -1.67. The van der Waals surface area contributed by atoms with E-state index in [0.29, 0.717) is 5.69 Å². The van der Waals surface area contributed by atoms with Gasteiger partial charge in [0, 0.05) is 11.8 Å². The molecule has 0 aliphatic heterocycles. The van der Waals surface area contributed by atoms with Crippen molar-refractivity contribution in [1.82, 2.24) is 5.32 Å². The Labute approximate surface area is 126 Å². The van der Waals surface area contributed by atoms with E-state index in [1.165, 1.54) is 25.3 Å². The first kappa shape index (κ1) is 19.3. The number of anilines is 1. The minimum Gasteiger partial charge on any atom is -0.493 e. The monoisotopic (exact) mass is 328 g/mol. The predicted octanol–water partition coefficient (Wildman–Crippen LogP) is 2.22. The van der Waals surface area contributed by atoms with Crippen molar-refractivity contribution in [1.29, 1.82) is 0 Å². The molecular weight excluding hydrogens is 313 g/mol. The van der Waals surface area contributed by atoms with Crippen LogP contribution in [0.4, 0.5) is 18.9 Å². The lowest BCUT2D eigenvalue weighted by molar-refractivity contribution is -0.153. The first-order valence-corrected chi connectivity index (χ1v) is 5.67. The minimum atomic E-state index is -4.45. The number of halogens is 4. The van der Waals surface area contributed by atoms with Gasteiger partial charge in [0.2, 0.25) is 5.91 Å². The maximum atomic E-state index is 12.1. The van der Waals surface area contributed by atoms with E-state index in [1.807, 2.05) is 0 Å². The number of carbonyl (C=O) groups excluding carboxylic acids is 1. The summed E-state index contributed by atoms with van der Waals surface area (Å²) >= 11 is 0. The average molecular weight is 329 g/mol. The van der Waals surface area contributed by atoms with E-state index in [0.717, 1.165) is 0 Å². The maximum absolute atomic E-state index is 12.1. The molecule has 0 unspecified atom stereocenters. The second-order valence-corrected chi connectivity index (χ2v) is 3.85. The van der Waals surface area contributed by atoms with E-state index in [9.17, 15) is 18.0 Å². The lowest BCUT2D eigenvalue weighted by atomic mass is 10.2. The molecule has 21 heavy (non-hydrogen) atoms. The molecule has 0 atom stereocenters. The van der Waals surface area contributed by atoms with Gasteiger partial charge in [0.25, 0.3) is 0 Å². The summed E-state index contributed by atoms with van der Waals surface area (Å²) in [5, 5.41) is 5.17. The van der Waals surface area contributed by atoms with Gasteiger partial charge in [0.1, 0.15) is 0 Å². The molecule has 1 aromatic carbocycles. The lowest BCUT2D eigenvalue weighted by Crippen LogP contribution is -2.25. The van der Waals surface area contributed by atoms with E-state index in [1.54, 1.807) is 7.05 Å². The summed E-state index contributed by atoms with van der Waals surface area (Å²) in [6.07, 6.45) is -4.45. The zero-order valence-corrected chi connectivity index (χ0v) is 12.2. The Morgan fingerprint density at radius 3 is 2.48 bits per heavy atom. The number of ether oxygens (including phenoxy) is 2. The van der Waals surface area contributed by atoms with Gasteiger partial charge in [0.15, 0.2) is 18.1 Å². The lowest BCUT2D eigenvalue weighted by Gasteiger charge is -2.14. The van der Waals surface area contributed by atoms with Gasteiger partial charge in [0.05, 0.1) is 13.7 Å². The SMILES string of the molecule is CNCC(=O)Nc1ccc(OC)c(OCC(F)(F)F)c1.Cl. The number of hydrogen-bond donors (Lipinski definition) is 2. The van der Waals surface area contributed by atoms with Gasteiger partial charge in [-0.3, -0.25) is 4.79 Å². The summed E-state index contributed by atoms with van der Waals surface area (Å²) < 4.78 is 46.0. The van der Waals surface area contributed by atoms with Crippen LogP contribution in [0.3, 0.4) is 0 Å². The zero-order valence-electron chi connectivity index (χ0n) is 11.4. The van der Waals surface area contributed by atoms with Crippen LogP contribution in [0.2, 0.25) is 0 Å². The second-order valence-electron chi connectivity index (χ2n) is 3.85. The van der Waals surface area contributed by atoms with Crippen molar-refractivity contribution in [3.8, 4) is 11.5 Å². The zero-order chi connectivity index (χ0) is 15.2. The topological polar surface area (TPSA) is 59.6 Å². The van der Waals surface area contributed by atoms with Gasteiger partial charge in [-0.05, 0) is 19.2 Å². The highest BCUT2D eigenvalue weighted by Crippen LogP contribution is 2.31. The molecule has 0 fully saturated rings. The summed E-state index contributed by atoms with van der Waals surface area (Å²) in [6.45, 7) is -1.35. The summed E-state index contributed by atoms with van der Waals surface area (Å²) in [5.74, 6) is -0.257. The van der Waals surface area contributed by atoms with E-state index in [-0.39, 0.29) is 36.4 Å². The summed E-state index contributed by atoms with van der Waals surface area (Å²) in [7, 11) is 2.92. The summed E-state index contributed by atoms with van der Waals surface area (Å²) in [6, 6.07) is 4.20. The van der Waals surface area contributed by atoms with Gasteiger partial charge < -0.3 is 20.1 Å². The van der Waals surface area contributed by atoms with Gasteiger partial charge >= 0.3 is 6.18 Å². The molecule has 0 aliphatic rings. The van der Waals surface area contributed by atoms with Gasteiger partial charge in [-0.2, -0.15) is 13.2 Å². The number of nitrogens with one attached hydrogen (secondary N) is 2. The van der Waals surface area contributed by atoms with Gasteiger partial charge in [-0.1, -0.05) is 0 Å². The second kappa shape index (κ2) is 8.58. The van der Waals surface area contributed by atoms with Crippen LogP contribution in [-0.2, 0) is 4.79 Å². The number of likely N-dealkylation sites (N-methyl/N-ethyl adjacent to an activating group) is 1. The van der Waals surface area contributed by atoms with Crippen LogP contribution in [-0.4, -0.2) is 39.4 Å². The number of carbonyl (C=O) groups is 1. The molecule has 0 spiro atoms. The molecule has 5 nitrogen and oxygen atoms in total. The first-order chi connectivity index (χ1) is 9.35. The predicted molar refractivity (Wildman–Crippen MR) is 74.3 cm³/mol. The Kier molecular flexibility index (Phi) is 7.90. The highest BCUT2D eigenvalue weighted by molar-refractivity contribution is 5.92. The van der Waals surface area contributed by atoms with Crippen LogP contribution in [0.5, 0.6) is 11.5 Å². The molecule has 120 valence electrons. The van der Waals surface area contributed by atoms with E-state index < -0.39 is 12.8 Å². The van der Waals surface area contributed by atoms with Crippen molar-refractivity contribution in [3.63, 3.8) is 0 Å². The standard InChI is InChI=1S/C12H15F3N2O3.ClH/c1-16-6-11(18)17-8-3-4-9(19-2)10(5-8)20-7-12(13,14)15;/h3-5,16H,6-7H2,1-2H3,(H,17,18);1H. The van der Waals surface area contributed by atoms with Crippen molar-refractivity contribution in [3.05, 3.63) is 18.2 Å². The molecule has 0 heterocycles. The van der Waals surface area contributed by atoms with Crippen molar-refractivity contribution < 1.29 is 27.4 Å². The smallest absolute Gasteiger partial charge is 0.422 e. The highest BCUT2D eigenvalue weighted by atomic mass is 35.5. The van der Waals surface area contributed by atoms with Crippen LogP contribution >= 0.6 is 12.4 Å². The molecule has 2 N–H and O–H groups in total. The third-order valence-electron chi connectivity index (χ3n) is 2.18. The molecule has 9 heteroatoms. The molecule has 1 rings (SSSR count). The van der Waals surface area contributed by atoms with Crippen LogP contribution in [0, 0.1) is 0 Å². The summed E-state index contributed by atoms with van der Waals surface area (Å²) in [4.78, 5) is 11.4. The van der Waals surface area contributed by atoms with Gasteiger partial charge in [-0.15, -0.1) is 12.4 Å². The van der Waals surface area contributed by atoms with Crippen molar-refractivity contribution in [2.24, 2.45) is 0 Å². The Morgan fingerprint density at radius 2 is 1.95 bits per heavy atom. The molecule has 0 saturated heterocycles. The molecule has 0 aliphatic carbocycles. The number of hydrogen-bond acceptors (Lipinski definition) is 4. The normalized spacial score (nSPS) is 10.5. The number of rotatable bonds is 6. The van der Waals surface area contributed by atoms with Crippen LogP contribution in [0.15, 0.2) is 18.2 Å². The maximum Gasteiger partial charge on any atom is 0.422 e. The average Bonchev–Trinajstić information content (AvgIpc) is 2.36. The largest absolute Gasteiger partial charge is 0.493 e. The number of methoxy groups -OCH3 is 1. The molecule has 0 radical (unpaired) electrons. The quantitative estimate of drug-likeness (QED) is 0.840. The Morgan fingerprint density at radius 1 is 1.29 bits per heavy atom. The number of benzene rings is 1. The minimum absolute atomic E-state index is 0. The highest BCUT2D eigenvalue weighted by Gasteiger charge is 2.29. The third kappa shape index (κ3) is 7.05. The fourth-order valence-corrected chi connectivity index (χ4v) is 1.39. The van der Waals surface area contributed by atoms with Crippen molar-refractivity contribution in [2.45, 2.75) is 6.18 Å².